The van der Waals surface area contributed by atoms with E-state index < -0.39 is 27.6 Å². The summed E-state index contributed by atoms with van der Waals surface area (Å²) in [5.74, 6) is 0.459. The molecule has 41 heavy (non-hydrogen) atoms. The van der Waals surface area contributed by atoms with Crippen molar-refractivity contribution in [3.8, 4) is 11.5 Å². The van der Waals surface area contributed by atoms with Crippen LogP contribution in [-0.2, 0) is 5.72 Å². The Balaban J connectivity index is 1.59. The first-order chi connectivity index (χ1) is 19.7. The molecule has 206 valence electrons. The lowest BCUT2D eigenvalue weighted by atomic mass is 9.59. The van der Waals surface area contributed by atoms with Crippen LogP contribution in [0.2, 0.25) is 0 Å². The topological polar surface area (TPSA) is 124 Å². The first-order valence-electron chi connectivity index (χ1n) is 13.3. The molecule has 2 atom stereocenters. The summed E-state index contributed by atoms with van der Waals surface area (Å²) < 4.78 is 18.6. The van der Waals surface area contributed by atoms with Crippen LogP contribution in [0.4, 0.5) is 11.4 Å². The van der Waals surface area contributed by atoms with E-state index in [0.717, 1.165) is 16.6 Å². The van der Waals surface area contributed by atoms with E-state index in [9.17, 15) is 20.0 Å². The molecule has 2 N–H and O–H groups in total. The molecule has 0 radical (unpaired) electrons. The van der Waals surface area contributed by atoms with Gasteiger partial charge in [0, 0.05) is 34.7 Å². The molecular weight excluding hydrogens is 524 g/mol. The van der Waals surface area contributed by atoms with Crippen LogP contribution in [0.25, 0.3) is 21.7 Å². The molecule has 0 saturated heterocycles. The molecule has 2 bridgehead atoms. The summed E-state index contributed by atoms with van der Waals surface area (Å²) in [5, 5.41) is 26.9. The predicted molar refractivity (Wildman–Crippen MR) is 154 cm³/mol. The second-order valence-electron chi connectivity index (χ2n) is 11.0. The van der Waals surface area contributed by atoms with E-state index >= 15 is 0 Å². The van der Waals surface area contributed by atoms with Crippen LogP contribution in [0.5, 0.6) is 11.5 Å². The minimum absolute atomic E-state index is 0.0279. The van der Waals surface area contributed by atoms with E-state index in [-0.39, 0.29) is 18.9 Å². The van der Waals surface area contributed by atoms with Crippen molar-refractivity contribution in [1.29, 1.82) is 0 Å². The van der Waals surface area contributed by atoms with Gasteiger partial charge in [-0.1, -0.05) is 44.2 Å². The Morgan fingerprint density at radius 1 is 1.02 bits per heavy atom. The number of hydrogen-bond donors (Lipinski definition) is 2. The summed E-state index contributed by atoms with van der Waals surface area (Å²) >= 11 is 0. The zero-order valence-electron chi connectivity index (χ0n) is 22.3. The lowest BCUT2D eigenvalue weighted by molar-refractivity contribution is -0.384. The van der Waals surface area contributed by atoms with Gasteiger partial charge in [-0.15, -0.1) is 0 Å². The number of rotatable bonds is 5. The highest BCUT2D eigenvalue weighted by Crippen LogP contribution is 2.64. The Hall–Kier alpha value is -4.89. The van der Waals surface area contributed by atoms with Gasteiger partial charge in [0.2, 0.25) is 5.72 Å². The van der Waals surface area contributed by atoms with Crippen molar-refractivity contribution >= 4 is 33.1 Å². The second-order valence-corrected chi connectivity index (χ2v) is 11.0. The number of nitrogens with zero attached hydrogens (tertiary/aromatic N) is 1. The SMILES string of the molecule is CC1(C)[C@@H]2c3cc(OCCO)ccc3NC1(c1cccc3ccc([N+](=O)[O-])cc13)Oc1c2c(=O)oc2ccccc12. The van der Waals surface area contributed by atoms with Gasteiger partial charge in [0.25, 0.3) is 5.69 Å². The number of para-hydroxylation sites is 1. The van der Waals surface area contributed by atoms with Gasteiger partial charge >= 0.3 is 5.63 Å². The zero-order chi connectivity index (χ0) is 28.5. The molecule has 3 heterocycles. The maximum atomic E-state index is 13.7. The molecule has 1 aromatic heterocycles. The minimum atomic E-state index is -1.24. The summed E-state index contributed by atoms with van der Waals surface area (Å²) in [4.78, 5) is 25.1. The average Bonchev–Trinajstić information content (AvgIpc) is 2.95. The van der Waals surface area contributed by atoms with E-state index in [4.69, 9.17) is 13.9 Å². The number of nitro groups is 1. The number of fused-ring (bicyclic) bond motifs is 9. The Morgan fingerprint density at radius 2 is 1.85 bits per heavy atom. The van der Waals surface area contributed by atoms with Crippen LogP contribution >= 0.6 is 0 Å². The number of benzene rings is 4. The highest BCUT2D eigenvalue weighted by molar-refractivity contribution is 5.91. The molecule has 9 heteroatoms. The molecule has 4 aromatic carbocycles. The van der Waals surface area contributed by atoms with Gasteiger partial charge in [0.1, 0.15) is 23.7 Å². The van der Waals surface area contributed by atoms with Crippen molar-refractivity contribution in [2.45, 2.75) is 25.5 Å². The summed E-state index contributed by atoms with van der Waals surface area (Å²) in [7, 11) is 0. The van der Waals surface area contributed by atoms with Crippen molar-refractivity contribution in [2.75, 3.05) is 18.5 Å². The Bertz CT molecular complexity index is 1950. The molecule has 0 saturated carbocycles. The molecule has 0 spiro atoms. The van der Waals surface area contributed by atoms with Crippen LogP contribution in [-0.4, -0.2) is 23.2 Å². The number of nitro benzene ring substituents is 1. The lowest BCUT2D eigenvalue weighted by Gasteiger charge is -2.58. The van der Waals surface area contributed by atoms with Gasteiger partial charge in [-0.2, -0.15) is 0 Å². The van der Waals surface area contributed by atoms with Crippen molar-refractivity contribution < 1.29 is 23.9 Å². The van der Waals surface area contributed by atoms with E-state index in [1.807, 2.05) is 56.3 Å². The molecule has 2 aliphatic rings. The molecule has 0 amide bonds. The molecule has 5 aromatic rings. The minimum Gasteiger partial charge on any atom is -0.491 e. The first kappa shape index (κ1) is 25.1. The van der Waals surface area contributed by atoms with Crippen LogP contribution in [0.1, 0.15) is 36.5 Å². The molecule has 0 aliphatic carbocycles. The van der Waals surface area contributed by atoms with E-state index in [1.165, 1.54) is 6.07 Å². The number of ether oxygens (including phenoxy) is 2. The van der Waals surface area contributed by atoms with Crippen molar-refractivity contribution in [1.82, 2.24) is 0 Å². The maximum absolute atomic E-state index is 13.7. The van der Waals surface area contributed by atoms with Gasteiger partial charge in [0.15, 0.2) is 0 Å². The van der Waals surface area contributed by atoms with Gasteiger partial charge in [-0.05, 0) is 52.7 Å². The van der Waals surface area contributed by atoms with Crippen LogP contribution in [0, 0.1) is 15.5 Å². The number of hydrogen-bond acceptors (Lipinski definition) is 8. The first-order valence-corrected chi connectivity index (χ1v) is 13.3. The number of nitrogens with one attached hydrogen (secondary N) is 1. The van der Waals surface area contributed by atoms with Crippen molar-refractivity contribution in [2.24, 2.45) is 5.41 Å². The number of non-ortho nitro benzene ring substituents is 1. The Kier molecular flexibility index (Phi) is 5.39. The molecule has 7 rings (SSSR count). The van der Waals surface area contributed by atoms with E-state index in [2.05, 4.69) is 5.32 Å². The highest BCUT2D eigenvalue weighted by atomic mass is 16.6. The summed E-state index contributed by atoms with van der Waals surface area (Å²) in [6.45, 7) is 4.03. The Morgan fingerprint density at radius 3 is 2.66 bits per heavy atom. The fraction of sp³-hybridized carbons (Fsp3) is 0.219. The normalized spacial score (nSPS) is 20.0. The maximum Gasteiger partial charge on any atom is 0.343 e. The molecule has 0 fully saturated rings. The second kappa shape index (κ2) is 8.81. The van der Waals surface area contributed by atoms with Gasteiger partial charge in [0.05, 0.1) is 22.5 Å². The third-order valence-corrected chi connectivity index (χ3v) is 8.43. The van der Waals surface area contributed by atoms with E-state index in [0.29, 0.717) is 39.0 Å². The lowest BCUT2D eigenvalue weighted by Crippen LogP contribution is -2.61. The average molecular weight is 551 g/mol. The van der Waals surface area contributed by atoms with Gasteiger partial charge < -0.3 is 24.3 Å². The number of anilines is 1. The smallest absolute Gasteiger partial charge is 0.343 e. The summed E-state index contributed by atoms with van der Waals surface area (Å²) in [6.07, 6.45) is 0. The molecule has 2 aliphatic heterocycles. The number of aliphatic hydroxyl groups excluding tert-OH is 1. The van der Waals surface area contributed by atoms with Crippen molar-refractivity contribution in [3.05, 3.63) is 116 Å². The standard InChI is InChI=1S/C32H26N2O7/c1-31(2)28-23-17-20(39-15-14-35)12-13-25(23)33-32(31,24-8-5-6-18-10-11-19(34(37)38)16-22(18)24)41-29-21-7-3-4-9-26(21)40-30(36)27(28)29/h3-13,16-17,28,33,35H,14-15H2,1-2H3/t28-,32?/m1/s1. The monoisotopic (exact) mass is 550 g/mol. The van der Waals surface area contributed by atoms with Crippen molar-refractivity contribution in [3.63, 3.8) is 0 Å². The third-order valence-electron chi connectivity index (χ3n) is 8.43. The zero-order valence-corrected chi connectivity index (χ0v) is 22.3. The van der Waals surface area contributed by atoms with Crippen LogP contribution in [0.15, 0.2) is 88.1 Å². The number of aliphatic hydroxyl groups is 1. The largest absolute Gasteiger partial charge is 0.491 e. The predicted octanol–water partition coefficient (Wildman–Crippen LogP) is 6.05. The highest BCUT2D eigenvalue weighted by Gasteiger charge is 2.62. The fourth-order valence-corrected chi connectivity index (χ4v) is 6.56. The molecular formula is C32H26N2O7. The van der Waals surface area contributed by atoms with Gasteiger partial charge in [-0.25, -0.2) is 4.79 Å². The molecule has 9 nitrogen and oxygen atoms in total. The van der Waals surface area contributed by atoms with Crippen LogP contribution < -0.4 is 20.4 Å². The molecule has 1 unspecified atom stereocenters. The summed E-state index contributed by atoms with van der Waals surface area (Å²) in [5.41, 5.74) is 0.479. The van der Waals surface area contributed by atoms with Gasteiger partial charge in [-0.3, -0.25) is 10.1 Å². The van der Waals surface area contributed by atoms with E-state index in [1.54, 1.807) is 30.3 Å². The van der Waals surface area contributed by atoms with Crippen LogP contribution in [0.3, 0.4) is 0 Å². The Labute approximate surface area is 234 Å². The quantitative estimate of drug-likeness (QED) is 0.154. The fourth-order valence-electron chi connectivity index (χ4n) is 6.56. The third kappa shape index (κ3) is 3.48. The summed E-state index contributed by atoms with van der Waals surface area (Å²) in [6, 6.07) is 23.3.